The lowest BCUT2D eigenvalue weighted by Gasteiger charge is -2.03. The molecule has 0 amide bonds. The molecule has 1 aliphatic rings. The normalized spacial score (nSPS) is 27.8. The van der Waals surface area contributed by atoms with Gasteiger partial charge >= 0.3 is 0 Å². The first-order chi connectivity index (χ1) is 6.96. The van der Waals surface area contributed by atoms with Gasteiger partial charge in [-0.25, -0.2) is 8.78 Å². The molecule has 2 unspecified atom stereocenters. The van der Waals surface area contributed by atoms with E-state index in [1.807, 2.05) is 0 Å². The van der Waals surface area contributed by atoms with Crippen LogP contribution in [-0.4, -0.2) is 5.33 Å². The third-order valence-corrected chi connectivity index (χ3v) is 4.16. The minimum absolute atomic E-state index is 0.143. The van der Waals surface area contributed by atoms with Crippen molar-refractivity contribution in [2.24, 2.45) is 11.3 Å². The Morgan fingerprint density at radius 2 is 1.73 bits per heavy atom. The van der Waals surface area contributed by atoms with Crippen molar-refractivity contribution in [3.63, 3.8) is 0 Å². The van der Waals surface area contributed by atoms with E-state index in [-0.39, 0.29) is 11.3 Å². The minimum Gasteiger partial charge on any atom is -0.207 e. The Morgan fingerprint density at radius 1 is 1.20 bits per heavy atom. The van der Waals surface area contributed by atoms with Crippen LogP contribution in [-0.2, 0) is 0 Å². The van der Waals surface area contributed by atoms with Gasteiger partial charge < -0.3 is 0 Å². The summed E-state index contributed by atoms with van der Waals surface area (Å²) in [5.41, 5.74) is 0.922. The van der Waals surface area contributed by atoms with E-state index in [1.54, 1.807) is 0 Å². The van der Waals surface area contributed by atoms with Crippen molar-refractivity contribution in [1.29, 1.82) is 0 Å². The van der Waals surface area contributed by atoms with Gasteiger partial charge in [-0.05, 0) is 34.9 Å². The molecule has 1 aromatic rings. The molecular weight excluding hydrogens is 262 g/mol. The molecule has 0 bridgehead atoms. The van der Waals surface area contributed by atoms with Gasteiger partial charge in [0.25, 0.3) is 0 Å². The molecule has 2 rings (SSSR count). The van der Waals surface area contributed by atoms with Crippen molar-refractivity contribution >= 4 is 15.9 Å². The number of alkyl halides is 1. The minimum atomic E-state index is -0.485. The van der Waals surface area contributed by atoms with Crippen molar-refractivity contribution in [3.8, 4) is 0 Å². The van der Waals surface area contributed by atoms with Gasteiger partial charge in [-0.2, -0.15) is 0 Å². The van der Waals surface area contributed by atoms with Crippen LogP contribution in [0.3, 0.4) is 0 Å². The fraction of sp³-hybridized carbons (Fsp3) is 0.500. The first-order valence-electron chi connectivity index (χ1n) is 4.98. The van der Waals surface area contributed by atoms with Crippen molar-refractivity contribution in [1.82, 2.24) is 0 Å². The van der Waals surface area contributed by atoms with Crippen LogP contribution in [0.4, 0.5) is 8.78 Å². The molecule has 0 aliphatic heterocycles. The van der Waals surface area contributed by atoms with Crippen LogP contribution in [0.2, 0.25) is 0 Å². The van der Waals surface area contributed by atoms with E-state index in [9.17, 15) is 8.78 Å². The molecule has 3 heteroatoms. The van der Waals surface area contributed by atoms with E-state index in [0.717, 1.165) is 17.0 Å². The Balaban J connectivity index is 2.32. The highest BCUT2D eigenvalue weighted by Gasteiger charge is 2.57. The van der Waals surface area contributed by atoms with Gasteiger partial charge in [0.2, 0.25) is 0 Å². The van der Waals surface area contributed by atoms with E-state index >= 15 is 0 Å². The zero-order valence-electron chi connectivity index (χ0n) is 8.73. The maximum atomic E-state index is 13.0. The predicted octanol–water partition coefficient (Wildman–Crippen LogP) is 4.10. The van der Waals surface area contributed by atoms with E-state index in [0.29, 0.717) is 5.92 Å². The maximum absolute atomic E-state index is 13.0. The van der Waals surface area contributed by atoms with E-state index in [4.69, 9.17) is 0 Å². The molecule has 82 valence electrons. The highest BCUT2D eigenvalue weighted by molar-refractivity contribution is 9.09. The number of hydrogen-bond donors (Lipinski definition) is 0. The summed E-state index contributed by atoms with van der Waals surface area (Å²) in [5.74, 6) is -0.234. The molecular formula is C12H13BrF2. The van der Waals surface area contributed by atoms with Gasteiger partial charge in [-0.15, -0.1) is 0 Å². The molecule has 0 saturated heterocycles. The maximum Gasteiger partial charge on any atom is 0.126 e. The molecule has 0 aromatic heterocycles. The molecule has 0 nitrogen and oxygen atoms in total. The Bertz CT molecular complexity index is 367. The lowest BCUT2D eigenvalue weighted by Crippen LogP contribution is -1.92. The highest BCUT2D eigenvalue weighted by Crippen LogP contribution is 2.64. The summed E-state index contributed by atoms with van der Waals surface area (Å²) >= 11 is 3.44. The summed E-state index contributed by atoms with van der Waals surface area (Å²) in [6.07, 6.45) is 0. The van der Waals surface area contributed by atoms with E-state index < -0.39 is 11.6 Å². The lowest BCUT2D eigenvalue weighted by atomic mass is 10.0. The zero-order chi connectivity index (χ0) is 11.2. The third-order valence-electron chi connectivity index (χ3n) is 3.46. The van der Waals surface area contributed by atoms with Crippen LogP contribution < -0.4 is 0 Å². The van der Waals surface area contributed by atoms with Crippen LogP contribution in [0.15, 0.2) is 18.2 Å². The van der Waals surface area contributed by atoms with Crippen LogP contribution in [0, 0.1) is 23.0 Å². The first kappa shape index (κ1) is 11.1. The summed E-state index contributed by atoms with van der Waals surface area (Å²) < 4.78 is 26.1. The van der Waals surface area contributed by atoms with Crippen LogP contribution in [0.25, 0.3) is 0 Å². The average Bonchev–Trinajstić information content (AvgIpc) is 2.66. The second-order valence-electron chi connectivity index (χ2n) is 4.76. The fourth-order valence-electron chi connectivity index (χ4n) is 2.45. The molecule has 0 N–H and O–H groups in total. The third kappa shape index (κ3) is 1.82. The van der Waals surface area contributed by atoms with Gasteiger partial charge in [0, 0.05) is 11.4 Å². The Morgan fingerprint density at radius 3 is 2.13 bits per heavy atom. The smallest absolute Gasteiger partial charge is 0.126 e. The largest absolute Gasteiger partial charge is 0.207 e. The van der Waals surface area contributed by atoms with Gasteiger partial charge in [-0.3, -0.25) is 0 Å². The second-order valence-corrected chi connectivity index (χ2v) is 5.41. The van der Waals surface area contributed by atoms with E-state index in [1.165, 1.54) is 12.1 Å². The molecule has 1 fully saturated rings. The summed E-state index contributed by atoms with van der Waals surface area (Å²) in [6, 6.07) is 3.80. The molecule has 1 aliphatic carbocycles. The molecule has 1 aromatic carbocycles. The first-order valence-corrected chi connectivity index (χ1v) is 6.11. The van der Waals surface area contributed by atoms with Gasteiger partial charge in [0.15, 0.2) is 0 Å². The SMILES string of the molecule is CC1(C)C(CBr)C1c1cc(F)cc(F)c1. The summed E-state index contributed by atoms with van der Waals surface area (Å²) in [7, 11) is 0. The van der Waals surface area contributed by atoms with Crippen molar-refractivity contribution in [2.75, 3.05) is 5.33 Å². The molecule has 0 heterocycles. The standard InChI is InChI=1S/C12H13BrF2/c1-12(2)10(6-13)11(12)7-3-8(14)5-9(15)4-7/h3-5,10-11H,6H2,1-2H3. The predicted molar refractivity (Wildman–Crippen MR) is 60.2 cm³/mol. The summed E-state index contributed by atoms with van der Waals surface area (Å²) in [5, 5.41) is 0.878. The average molecular weight is 275 g/mol. The van der Waals surface area contributed by atoms with Gasteiger partial charge in [0.05, 0.1) is 0 Å². The van der Waals surface area contributed by atoms with Crippen molar-refractivity contribution < 1.29 is 8.78 Å². The van der Waals surface area contributed by atoms with Crippen LogP contribution >= 0.6 is 15.9 Å². The van der Waals surface area contributed by atoms with Crippen molar-refractivity contribution in [2.45, 2.75) is 19.8 Å². The van der Waals surface area contributed by atoms with Crippen molar-refractivity contribution in [3.05, 3.63) is 35.4 Å². The molecule has 15 heavy (non-hydrogen) atoms. The molecule has 0 spiro atoms. The summed E-state index contributed by atoms with van der Waals surface area (Å²) in [6.45, 7) is 4.26. The topological polar surface area (TPSA) is 0 Å². The Kier molecular flexibility index (Phi) is 2.61. The monoisotopic (exact) mass is 274 g/mol. The Labute approximate surface area is 96.8 Å². The number of benzene rings is 1. The zero-order valence-corrected chi connectivity index (χ0v) is 10.3. The molecule has 0 radical (unpaired) electrons. The number of halogens is 3. The van der Waals surface area contributed by atoms with Gasteiger partial charge in [0.1, 0.15) is 11.6 Å². The number of rotatable bonds is 2. The highest BCUT2D eigenvalue weighted by atomic mass is 79.9. The van der Waals surface area contributed by atoms with E-state index in [2.05, 4.69) is 29.8 Å². The molecule has 1 saturated carbocycles. The lowest BCUT2D eigenvalue weighted by molar-refractivity contribution is 0.566. The van der Waals surface area contributed by atoms with Crippen LogP contribution in [0.1, 0.15) is 25.3 Å². The van der Waals surface area contributed by atoms with Crippen LogP contribution in [0.5, 0.6) is 0 Å². The van der Waals surface area contributed by atoms with Gasteiger partial charge in [-0.1, -0.05) is 29.8 Å². The fourth-order valence-corrected chi connectivity index (χ4v) is 3.66. The molecule has 2 atom stereocenters. The number of hydrogen-bond acceptors (Lipinski definition) is 0. The second kappa shape index (κ2) is 3.55. The Hall–Kier alpha value is -0.440. The summed E-state index contributed by atoms with van der Waals surface area (Å²) in [4.78, 5) is 0. The quantitative estimate of drug-likeness (QED) is 0.713.